The van der Waals surface area contributed by atoms with Crippen LogP contribution in [0.2, 0.25) is 0 Å². The summed E-state index contributed by atoms with van der Waals surface area (Å²) in [6.07, 6.45) is 1.72. The van der Waals surface area contributed by atoms with Crippen molar-refractivity contribution < 1.29 is 0 Å². The molecule has 1 unspecified atom stereocenters. The summed E-state index contributed by atoms with van der Waals surface area (Å²) in [4.78, 5) is 24.1. The molecule has 4 heterocycles. The van der Waals surface area contributed by atoms with Crippen molar-refractivity contribution in [2.75, 3.05) is 23.7 Å². The molecule has 0 aromatic carbocycles. The number of aromatic nitrogens is 3. The lowest BCUT2D eigenvalue weighted by Gasteiger charge is -2.46. The average Bonchev–Trinajstić information content (AvgIpc) is 2.60. The Hall–Kier alpha value is -2.33. The number of nitrogens with zero attached hydrogens (tertiary/aromatic N) is 5. The molecule has 4 rings (SSSR count). The number of rotatable bonds is 2. The zero-order valence-corrected chi connectivity index (χ0v) is 16.0. The largest absolute Gasteiger partial charge is 0.355 e. The molecular formula is C19H21N5OS. The van der Waals surface area contributed by atoms with E-state index in [2.05, 4.69) is 41.7 Å². The van der Waals surface area contributed by atoms with Crippen molar-refractivity contribution in [2.45, 2.75) is 32.5 Å². The van der Waals surface area contributed by atoms with E-state index in [1.807, 2.05) is 12.1 Å². The second-order valence-electron chi connectivity index (χ2n) is 7.99. The van der Waals surface area contributed by atoms with Crippen LogP contribution in [0.1, 0.15) is 26.3 Å². The predicted molar refractivity (Wildman–Crippen MR) is 102 cm³/mol. The van der Waals surface area contributed by atoms with Gasteiger partial charge in [0.2, 0.25) is 0 Å². The Kier molecular flexibility index (Phi) is 4.03. The van der Waals surface area contributed by atoms with E-state index in [4.69, 9.17) is 0 Å². The van der Waals surface area contributed by atoms with E-state index in [1.54, 1.807) is 22.5 Å². The first-order valence-electron chi connectivity index (χ1n) is 8.77. The molecule has 2 aliphatic heterocycles. The molecule has 2 aromatic heterocycles. The number of anilines is 1. The molecule has 6 nitrogen and oxygen atoms in total. The quantitative estimate of drug-likeness (QED) is 0.760. The lowest BCUT2D eigenvalue weighted by atomic mass is 9.84. The van der Waals surface area contributed by atoms with Crippen LogP contribution in [0, 0.1) is 22.7 Å². The second-order valence-corrected chi connectivity index (χ2v) is 8.97. The number of pyridine rings is 1. The van der Waals surface area contributed by atoms with Gasteiger partial charge in [0.25, 0.3) is 5.56 Å². The van der Waals surface area contributed by atoms with E-state index in [0.717, 1.165) is 24.7 Å². The van der Waals surface area contributed by atoms with Crippen molar-refractivity contribution in [1.82, 2.24) is 14.5 Å². The van der Waals surface area contributed by atoms with Gasteiger partial charge >= 0.3 is 0 Å². The molecule has 2 aromatic rings. The Morgan fingerprint density at radius 2 is 2.12 bits per heavy atom. The van der Waals surface area contributed by atoms with Crippen LogP contribution in [0.3, 0.4) is 0 Å². The van der Waals surface area contributed by atoms with Crippen molar-refractivity contribution in [3.8, 4) is 17.3 Å². The van der Waals surface area contributed by atoms with Crippen molar-refractivity contribution >= 4 is 17.6 Å². The van der Waals surface area contributed by atoms with Gasteiger partial charge in [0, 0.05) is 37.1 Å². The minimum absolute atomic E-state index is 0.100. The Morgan fingerprint density at radius 1 is 1.35 bits per heavy atom. The van der Waals surface area contributed by atoms with Gasteiger partial charge in [-0.2, -0.15) is 5.26 Å². The first-order valence-corrected chi connectivity index (χ1v) is 9.75. The fraction of sp³-hybridized carbons (Fsp3) is 0.474. The van der Waals surface area contributed by atoms with Crippen molar-refractivity contribution in [2.24, 2.45) is 11.3 Å². The summed E-state index contributed by atoms with van der Waals surface area (Å²) in [5, 5.41) is 10.2. The summed E-state index contributed by atoms with van der Waals surface area (Å²) >= 11 is 1.57. The highest BCUT2D eigenvalue weighted by Crippen LogP contribution is 2.33. The monoisotopic (exact) mass is 367 g/mol. The van der Waals surface area contributed by atoms with Gasteiger partial charge in [-0.3, -0.25) is 9.36 Å². The van der Waals surface area contributed by atoms with E-state index in [1.165, 1.54) is 0 Å². The fourth-order valence-electron chi connectivity index (χ4n) is 3.56. The zero-order chi connectivity index (χ0) is 18.5. The van der Waals surface area contributed by atoms with E-state index >= 15 is 0 Å². The normalized spacial score (nSPS) is 20.8. The van der Waals surface area contributed by atoms with E-state index < -0.39 is 0 Å². The molecule has 0 spiro atoms. The Bertz CT molecular complexity index is 950. The molecule has 0 bridgehead atoms. The van der Waals surface area contributed by atoms with Crippen LogP contribution in [-0.4, -0.2) is 33.4 Å². The lowest BCUT2D eigenvalue weighted by Crippen LogP contribution is -2.53. The highest BCUT2D eigenvalue weighted by atomic mass is 32.2. The molecule has 1 saturated heterocycles. The Morgan fingerprint density at radius 3 is 2.73 bits per heavy atom. The van der Waals surface area contributed by atoms with Crippen LogP contribution in [0.4, 0.5) is 5.82 Å². The highest BCUT2D eigenvalue weighted by Gasteiger charge is 2.34. The molecule has 0 aliphatic carbocycles. The molecular weight excluding hydrogens is 346 g/mol. The molecule has 7 heteroatoms. The smallest absolute Gasteiger partial charge is 0.272 e. The van der Waals surface area contributed by atoms with Crippen LogP contribution in [0.15, 0.2) is 28.3 Å². The van der Waals surface area contributed by atoms with Gasteiger partial charge in [-0.1, -0.05) is 32.5 Å². The maximum Gasteiger partial charge on any atom is 0.272 e. The molecule has 0 saturated carbocycles. The zero-order valence-electron chi connectivity index (χ0n) is 15.2. The minimum Gasteiger partial charge on any atom is -0.355 e. The maximum atomic E-state index is 12.7. The van der Waals surface area contributed by atoms with Gasteiger partial charge in [0.15, 0.2) is 5.16 Å². The van der Waals surface area contributed by atoms with E-state index in [0.29, 0.717) is 34.3 Å². The van der Waals surface area contributed by atoms with Gasteiger partial charge in [-0.25, -0.2) is 9.97 Å². The summed E-state index contributed by atoms with van der Waals surface area (Å²) in [6.45, 7) is 9.15. The SMILES string of the molecule is CC1CSc2nc(-c3ccc(N4CC(C)(C)C4)nc3)c(C#N)c(=O)n2C1. The van der Waals surface area contributed by atoms with Gasteiger partial charge in [0.1, 0.15) is 17.5 Å². The highest BCUT2D eigenvalue weighted by molar-refractivity contribution is 7.99. The Balaban J connectivity index is 1.71. The van der Waals surface area contributed by atoms with Gasteiger partial charge in [-0.05, 0) is 23.5 Å². The van der Waals surface area contributed by atoms with Crippen molar-refractivity contribution in [3.05, 3.63) is 34.2 Å². The van der Waals surface area contributed by atoms with Crippen LogP contribution >= 0.6 is 11.8 Å². The third kappa shape index (κ3) is 2.88. The topological polar surface area (TPSA) is 74.8 Å². The van der Waals surface area contributed by atoms with Gasteiger partial charge in [-0.15, -0.1) is 0 Å². The third-order valence-electron chi connectivity index (χ3n) is 4.82. The molecule has 0 radical (unpaired) electrons. The van der Waals surface area contributed by atoms with Gasteiger partial charge < -0.3 is 4.90 Å². The molecule has 0 N–H and O–H groups in total. The van der Waals surface area contributed by atoms with Crippen LogP contribution in [0.5, 0.6) is 0 Å². The summed E-state index contributed by atoms with van der Waals surface area (Å²) in [5.74, 6) is 2.25. The number of thioether (sulfide) groups is 1. The summed E-state index contributed by atoms with van der Waals surface area (Å²) in [5.41, 5.74) is 1.33. The molecule has 26 heavy (non-hydrogen) atoms. The summed E-state index contributed by atoms with van der Waals surface area (Å²) < 4.78 is 1.63. The standard InChI is InChI=1S/C19H21N5OS/c1-12-8-24-17(25)14(6-20)16(22-18(24)26-9-12)13-4-5-15(21-7-13)23-10-19(2,3)11-23/h4-5,7,12H,8-11H2,1-3H3. The van der Waals surface area contributed by atoms with Crippen LogP contribution in [-0.2, 0) is 6.54 Å². The molecule has 134 valence electrons. The second kappa shape index (κ2) is 6.13. The predicted octanol–water partition coefficient (Wildman–Crippen LogP) is 2.76. The Labute approximate surface area is 156 Å². The molecule has 1 atom stereocenters. The summed E-state index contributed by atoms with van der Waals surface area (Å²) in [6, 6.07) is 5.90. The van der Waals surface area contributed by atoms with Crippen molar-refractivity contribution in [1.29, 1.82) is 5.26 Å². The lowest BCUT2D eigenvalue weighted by molar-refractivity contribution is 0.274. The molecule has 2 aliphatic rings. The third-order valence-corrected chi connectivity index (χ3v) is 6.13. The van der Waals surface area contributed by atoms with E-state index in [-0.39, 0.29) is 11.1 Å². The molecule has 1 fully saturated rings. The number of hydrogen-bond donors (Lipinski definition) is 0. The van der Waals surface area contributed by atoms with Crippen molar-refractivity contribution in [3.63, 3.8) is 0 Å². The summed E-state index contributed by atoms with van der Waals surface area (Å²) in [7, 11) is 0. The first-order chi connectivity index (χ1) is 12.4. The minimum atomic E-state index is -0.250. The fourth-order valence-corrected chi connectivity index (χ4v) is 4.57. The maximum absolute atomic E-state index is 12.7. The van der Waals surface area contributed by atoms with Gasteiger partial charge in [0.05, 0.1) is 5.69 Å². The number of nitriles is 1. The van der Waals surface area contributed by atoms with Crippen LogP contribution in [0.25, 0.3) is 11.3 Å². The first kappa shape index (κ1) is 17.1. The molecule has 0 amide bonds. The number of hydrogen-bond acceptors (Lipinski definition) is 6. The average molecular weight is 367 g/mol. The van der Waals surface area contributed by atoms with Crippen LogP contribution < -0.4 is 10.5 Å². The van der Waals surface area contributed by atoms with E-state index in [9.17, 15) is 10.1 Å². The number of fused-ring (bicyclic) bond motifs is 1.